The third-order valence-corrected chi connectivity index (χ3v) is 3.33. The number of halogens is 1. The van der Waals surface area contributed by atoms with Crippen molar-refractivity contribution in [1.29, 1.82) is 0 Å². The van der Waals surface area contributed by atoms with Crippen molar-refractivity contribution in [3.8, 4) is 0 Å². The topological polar surface area (TPSA) is 42.2 Å². The SMILES string of the molecule is CCN(c1cccc(F)c1)c1nc(CN)cs1. The molecule has 0 saturated heterocycles. The molecule has 1 aromatic carbocycles. The summed E-state index contributed by atoms with van der Waals surface area (Å²) in [5, 5.41) is 2.77. The minimum atomic E-state index is -0.239. The van der Waals surface area contributed by atoms with Crippen LogP contribution < -0.4 is 10.6 Å². The molecule has 0 aliphatic rings. The van der Waals surface area contributed by atoms with Crippen molar-refractivity contribution in [3.05, 3.63) is 41.2 Å². The number of aromatic nitrogens is 1. The molecule has 0 aliphatic carbocycles. The quantitative estimate of drug-likeness (QED) is 0.908. The second-order valence-corrected chi connectivity index (χ2v) is 4.39. The minimum Gasteiger partial charge on any atom is -0.325 e. The second-order valence-electron chi connectivity index (χ2n) is 3.55. The second kappa shape index (κ2) is 5.25. The van der Waals surface area contributed by atoms with Gasteiger partial charge in [0.25, 0.3) is 0 Å². The highest BCUT2D eigenvalue weighted by Crippen LogP contribution is 2.28. The van der Waals surface area contributed by atoms with E-state index >= 15 is 0 Å². The summed E-state index contributed by atoms with van der Waals surface area (Å²) in [4.78, 5) is 6.37. The fraction of sp³-hybridized carbons (Fsp3) is 0.250. The van der Waals surface area contributed by atoms with Gasteiger partial charge in [0.1, 0.15) is 5.82 Å². The van der Waals surface area contributed by atoms with Gasteiger partial charge in [0.15, 0.2) is 5.13 Å². The van der Waals surface area contributed by atoms with E-state index in [2.05, 4.69) is 4.98 Å². The van der Waals surface area contributed by atoms with E-state index in [1.165, 1.54) is 23.5 Å². The molecule has 0 atom stereocenters. The van der Waals surface area contributed by atoms with Crippen LogP contribution in [-0.4, -0.2) is 11.5 Å². The van der Waals surface area contributed by atoms with E-state index in [9.17, 15) is 4.39 Å². The Hall–Kier alpha value is -1.46. The zero-order valence-corrected chi connectivity index (χ0v) is 10.4. The molecule has 2 N–H and O–H groups in total. The summed E-state index contributed by atoms with van der Waals surface area (Å²) < 4.78 is 13.2. The predicted molar refractivity (Wildman–Crippen MR) is 69.1 cm³/mol. The molecule has 5 heteroatoms. The van der Waals surface area contributed by atoms with Crippen molar-refractivity contribution in [2.45, 2.75) is 13.5 Å². The summed E-state index contributed by atoms with van der Waals surface area (Å²) in [6, 6.07) is 6.51. The summed E-state index contributed by atoms with van der Waals surface area (Å²) in [5.41, 5.74) is 7.20. The van der Waals surface area contributed by atoms with Gasteiger partial charge >= 0.3 is 0 Å². The molecule has 0 unspecified atom stereocenters. The molecular weight excluding hydrogens is 237 g/mol. The number of rotatable bonds is 4. The lowest BCUT2D eigenvalue weighted by Gasteiger charge is -2.19. The van der Waals surface area contributed by atoms with Gasteiger partial charge in [-0.2, -0.15) is 0 Å². The monoisotopic (exact) mass is 251 g/mol. The lowest BCUT2D eigenvalue weighted by molar-refractivity contribution is 0.627. The molecule has 0 radical (unpaired) electrons. The van der Waals surface area contributed by atoms with E-state index in [4.69, 9.17) is 5.73 Å². The van der Waals surface area contributed by atoms with Gasteiger partial charge in [-0.15, -0.1) is 11.3 Å². The maximum absolute atomic E-state index is 13.2. The number of nitrogens with zero attached hydrogens (tertiary/aromatic N) is 2. The highest BCUT2D eigenvalue weighted by Gasteiger charge is 2.11. The van der Waals surface area contributed by atoms with Crippen LogP contribution in [0.2, 0.25) is 0 Å². The number of anilines is 2. The lowest BCUT2D eigenvalue weighted by atomic mass is 10.3. The van der Waals surface area contributed by atoms with Crippen molar-refractivity contribution in [2.24, 2.45) is 5.73 Å². The Labute approximate surface area is 104 Å². The largest absolute Gasteiger partial charge is 0.325 e. The van der Waals surface area contributed by atoms with E-state index in [0.29, 0.717) is 6.54 Å². The number of benzene rings is 1. The molecule has 0 bridgehead atoms. The number of hydrogen-bond acceptors (Lipinski definition) is 4. The molecule has 1 aromatic heterocycles. The molecule has 0 saturated carbocycles. The van der Waals surface area contributed by atoms with Crippen LogP contribution in [0.1, 0.15) is 12.6 Å². The fourth-order valence-electron chi connectivity index (χ4n) is 1.59. The first-order chi connectivity index (χ1) is 8.24. The van der Waals surface area contributed by atoms with Crippen LogP contribution in [0.4, 0.5) is 15.2 Å². The maximum atomic E-state index is 13.2. The third-order valence-electron chi connectivity index (χ3n) is 2.42. The Morgan fingerprint density at radius 2 is 2.29 bits per heavy atom. The molecule has 90 valence electrons. The van der Waals surface area contributed by atoms with Gasteiger partial charge in [0, 0.05) is 24.2 Å². The van der Waals surface area contributed by atoms with Gasteiger partial charge in [-0.3, -0.25) is 0 Å². The number of thiazole rings is 1. The normalized spacial score (nSPS) is 10.5. The number of nitrogens with two attached hydrogens (primary N) is 1. The molecule has 2 rings (SSSR count). The zero-order chi connectivity index (χ0) is 12.3. The van der Waals surface area contributed by atoms with Crippen molar-refractivity contribution in [1.82, 2.24) is 4.98 Å². The molecule has 17 heavy (non-hydrogen) atoms. The smallest absolute Gasteiger partial charge is 0.190 e. The van der Waals surface area contributed by atoms with E-state index in [1.807, 2.05) is 23.3 Å². The Balaban J connectivity index is 2.33. The van der Waals surface area contributed by atoms with Gasteiger partial charge < -0.3 is 10.6 Å². The highest BCUT2D eigenvalue weighted by atomic mass is 32.1. The van der Waals surface area contributed by atoms with Crippen LogP contribution in [0.25, 0.3) is 0 Å². The predicted octanol–water partition coefficient (Wildman–Crippen LogP) is 2.90. The Morgan fingerprint density at radius 1 is 1.47 bits per heavy atom. The summed E-state index contributed by atoms with van der Waals surface area (Å²) in [6.07, 6.45) is 0. The van der Waals surface area contributed by atoms with Gasteiger partial charge in [-0.25, -0.2) is 9.37 Å². The van der Waals surface area contributed by atoms with E-state index < -0.39 is 0 Å². The Kier molecular flexibility index (Phi) is 3.71. The zero-order valence-electron chi connectivity index (χ0n) is 9.56. The van der Waals surface area contributed by atoms with Crippen molar-refractivity contribution in [2.75, 3.05) is 11.4 Å². The molecular formula is C12H14FN3S. The highest BCUT2D eigenvalue weighted by molar-refractivity contribution is 7.13. The molecule has 0 fully saturated rings. The van der Waals surface area contributed by atoms with Crippen molar-refractivity contribution >= 4 is 22.2 Å². The first-order valence-electron chi connectivity index (χ1n) is 5.42. The number of hydrogen-bond donors (Lipinski definition) is 1. The van der Waals surface area contributed by atoms with Crippen molar-refractivity contribution < 1.29 is 4.39 Å². The molecule has 0 amide bonds. The van der Waals surface area contributed by atoms with E-state index in [-0.39, 0.29) is 5.82 Å². The van der Waals surface area contributed by atoms with E-state index in [1.54, 1.807) is 6.07 Å². The van der Waals surface area contributed by atoms with Gasteiger partial charge in [-0.1, -0.05) is 6.07 Å². The van der Waals surface area contributed by atoms with E-state index in [0.717, 1.165) is 23.1 Å². The van der Waals surface area contributed by atoms with Gasteiger partial charge in [-0.05, 0) is 25.1 Å². The lowest BCUT2D eigenvalue weighted by Crippen LogP contribution is -2.16. The third kappa shape index (κ3) is 2.62. The van der Waals surface area contributed by atoms with Gasteiger partial charge in [0.05, 0.1) is 5.69 Å². The summed E-state index contributed by atoms with van der Waals surface area (Å²) in [5.74, 6) is -0.239. The Morgan fingerprint density at radius 3 is 2.88 bits per heavy atom. The average Bonchev–Trinajstić information content (AvgIpc) is 2.79. The maximum Gasteiger partial charge on any atom is 0.190 e. The van der Waals surface area contributed by atoms with Crippen molar-refractivity contribution in [3.63, 3.8) is 0 Å². The summed E-state index contributed by atoms with van der Waals surface area (Å²) in [7, 11) is 0. The molecule has 3 nitrogen and oxygen atoms in total. The van der Waals surface area contributed by atoms with Crippen LogP contribution in [0.15, 0.2) is 29.6 Å². The summed E-state index contributed by atoms with van der Waals surface area (Å²) >= 11 is 1.52. The molecule has 2 aromatic rings. The van der Waals surface area contributed by atoms with Crippen LogP contribution >= 0.6 is 11.3 Å². The van der Waals surface area contributed by atoms with Crippen LogP contribution in [0.3, 0.4) is 0 Å². The Bertz CT molecular complexity index is 498. The first kappa shape index (κ1) is 12.0. The van der Waals surface area contributed by atoms with Gasteiger partial charge in [0.2, 0.25) is 0 Å². The summed E-state index contributed by atoms with van der Waals surface area (Å²) in [6.45, 7) is 3.17. The average molecular weight is 251 g/mol. The van der Waals surface area contributed by atoms with Crippen LogP contribution in [0.5, 0.6) is 0 Å². The van der Waals surface area contributed by atoms with Crippen LogP contribution in [-0.2, 0) is 6.54 Å². The first-order valence-corrected chi connectivity index (χ1v) is 6.30. The molecule has 1 heterocycles. The molecule has 0 spiro atoms. The van der Waals surface area contributed by atoms with Crippen LogP contribution in [0, 0.1) is 5.82 Å². The minimum absolute atomic E-state index is 0.239. The standard InChI is InChI=1S/C12H14FN3S/c1-2-16(11-5-3-4-9(13)6-11)12-15-10(7-14)8-17-12/h3-6,8H,2,7,14H2,1H3. The molecule has 0 aliphatic heterocycles. The fourth-order valence-corrected chi connectivity index (χ4v) is 2.51.